The van der Waals surface area contributed by atoms with Crippen LogP contribution in [0.5, 0.6) is 0 Å². The molecule has 0 spiro atoms. The molecule has 1 saturated carbocycles. The number of nitrogens with zero attached hydrogens (tertiary/aromatic N) is 2. The Morgan fingerprint density at radius 2 is 2.05 bits per heavy atom. The molecule has 11 heteroatoms. The number of carboxylic acid groups (broad SMARTS) is 1. The summed E-state index contributed by atoms with van der Waals surface area (Å²) in [5, 5.41) is 26.6. The number of carbonyl (C=O) groups excluding carboxylic acids is 3. The Morgan fingerprint density at radius 3 is 2.71 bits per heavy atom. The van der Waals surface area contributed by atoms with Gasteiger partial charge in [-0.05, 0) is 43.3 Å². The van der Waals surface area contributed by atoms with Crippen LogP contribution in [-0.4, -0.2) is 56.8 Å². The van der Waals surface area contributed by atoms with Gasteiger partial charge in [0.1, 0.15) is 24.8 Å². The number of ether oxygens (including phenoxy) is 1. The Hall–Kier alpha value is -3.34. The number of esters is 1. The van der Waals surface area contributed by atoms with Gasteiger partial charge in [0, 0.05) is 24.7 Å². The van der Waals surface area contributed by atoms with Crippen molar-refractivity contribution in [2.75, 3.05) is 0 Å². The van der Waals surface area contributed by atoms with E-state index in [1.165, 1.54) is 12.5 Å². The predicted molar refractivity (Wildman–Crippen MR) is 134 cm³/mol. The van der Waals surface area contributed by atoms with Gasteiger partial charge < -0.3 is 24.3 Å². The van der Waals surface area contributed by atoms with Gasteiger partial charge in [-0.15, -0.1) is 0 Å². The maximum atomic E-state index is 13.0. The molecular formula is C27H36N2O9. The van der Waals surface area contributed by atoms with Gasteiger partial charge in [-0.25, -0.2) is 0 Å². The fourth-order valence-corrected chi connectivity index (χ4v) is 5.03. The number of allylic oxidation sites excluding steroid dienone is 1. The smallest absolute Gasteiger partial charge is 0.308 e. The van der Waals surface area contributed by atoms with Gasteiger partial charge in [0.2, 0.25) is 0 Å². The number of aromatic nitrogens is 1. The lowest BCUT2D eigenvalue weighted by atomic mass is 9.63. The minimum Gasteiger partial charge on any atom is -0.481 e. The monoisotopic (exact) mass is 532 g/mol. The molecule has 6 unspecified atom stereocenters. The number of oxime groups is 1. The first-order chi connectivity index (χ1) is 18.1. The highest BCUT2D eigenvalue weighted by Crippen LogP contribution is 2.44. The highest BCUT2D eigenvalue weighted by atomic mass is 16.6. The molecule has 208 valence electrons. The van der Waals surface area contributed by atoms with Crippen molar-refractivity contribution in [1.29, 1.82) is 0 Å². The van der Waals surface area contributed by atoms with Crippen LogP contribution in [-0.2, 0) is 35.4 Å². The average Bonchev–Trinajstić information content (AvgIpc) is 3.38. The Balaban J connectivity index is 1.82. The second-order valence-electron chi connectivity index (χ2n) is 10.2. The third-order valence-corrected chi connectivity index (χ3v) is 7.41. The standard InChI is InChI=1S/C27H36N2O9/c1-4-15(2)27(35)38-24-8-7-22(29-37-14-17-12-28-36-13-17)21-11-23(32)16(3)20(26(21)24)6-5-18(30)9-19(31)10-25(33)34/h11-13,15-16,19-20,24,26,31H,4-10,14H2,1-3H3,(H,33,34). The predicted octanol–water partition coefficient (Wildman–Crippen LogP) is 3.25. The lowest BCUT2D eigenvalue weighted by Crippen LogP contribution is -2.46. The van der Waals surface area contributed by atoms with Crippen molar-refractivity contribution in [3.63, 3.8) is 0 Å². The maximum Gasteiger partial charge on any atom is 0.308 e. The first kappa shape index (κ1) is 29.2. The molecule has 0 bridgehead atoms. The van der Waals surface area contributed by atoms with Crippen molar-refractivity contribution in [3.8, 4) is 0 Å². The highest BCUT2D eigenvalue weighted by molar-refractivity contribution is 6.08. The third kappa shape index (κ3) is 7.59. The van der Waals surface area contributed by atoms with Crippen LogP contribution in [0.25, 0.3) is 0 Å². The molecule has 0 aliphatic heterocycles. The molecule has 38 heavy (non-hydrogen) atoms. The Kier molecular flexibility index (Phi) is 10.3. The summed E-state index contributed by atoms with van der Waals surface area (Å²) in [4.78, 5) is 54.6. The van der Waals surface area contributed by atoms with E-state index in [0.717, 1.165) is 0 Å². The van der Waals surface area contributed by atoms with E-state index in [9.17, 15) is 24.3 Å². The zero-order chi connectivity index (χ0) is 27.8. The summed E-state index contributed by atoms with van der Waals surface area (Å²) < 4.78 is 10.8. The molecule has 2 N–H and O–H groups in total. The van der Waals surface area contributed by atoms with E-state index >= 15 is 0 Å². The number of aliphatic hydroxyl groups is 1. The van der Waals surface area contributed by atoms with Crippen LogP contribution in [0.1, 0.15) is 71.3 Å². The van der Waals surface area contributed by atoms with E-state index in [4.69, 9.17) is 19.2 Å². The molecule has 2 aliphatic rings. The zero-order valence-electron chi connectivity index (χ0n) is 22.0. The summed E-state index contributed by atoms with van der Waals surface area (Å²) in [5.74, 6) is -3.27. The highest BCUT2D eigenvalue weighted by Gasteiger charge is 2.46. The lowest BCUT2D eigenvalue weighted by Gasteiger charge is -2.43. The number of aliphatic carboxylic acids is 1. The van der Waals surface area contributed by atoms with Crippen LogP contribution in [0.2, 0.25) is 0 Å². The topological polar surface area (TPSA) is 166 Å². The molecule has 6 atom stereocenters. The summed E-state index contributed by atoms with van der Waals surface area (Å²) in [5.41, 5.74) is 1.94. The number of ketones is 2. The van der Waals surface area contributed by atoms with E-state index in [-0.39, 0.29) is 54.7 Å². The number of Topliss-reactive ketones (excluding diaryl/α,β-unsaturated/α-hetero) is 1. The minimum absolute atomic E-state index is 0.0608. The lowest BCUT2D eigenvalue weighted by molar-refractivity contribution is -0.158. The van der Waals surface area contributed by atoms with Crippen molar-refractivity contribution in [1.82, 2.24) is 5.16 Å². The molecule has 3 rings (SSSR count). The van der Waals surface area contributed by atoms with Gasteiger partial charge >= 0.3 is 11.9 Å². The number of hydrogen-bond donors (Lipinski definition) is 2. The van der Waals surface area contributed by atoms with Crippen LogP contribution in [0.4, 0.5) is 0 Å². The van der Waals surface area contributed by atoms with Crippen LogP contribution in [0, 0.1) is 23.7 Å². The number of fused-ring (bicyclic) bond motifs is 1. The molecule has 0 radical (unpaired) electrons. The number of carbonyl (C=O) groups is 4. The summed E-state index contributed by atoms with van der Waals surface area (Å²) >= 11 is 0. The normalized spacial score (nSPS) is 25.7. The largest absolute Gasteiger partial charge is 0.481 e. The molecule has 0 aromatic carbocycles. The molecule has 1 fully saturated rings. The van der Waals surface area contributed by atoms with E-state index in [1.807, 2.05) is 6.92 Å². The van der Waals surface area contributed by atoms with E-state index < -0.39 is 30.5 Å². The van der Waals surface area contributed by atoms with Gasteiger partial charge in [0.25, 0.3) is 0 Å². The summed E-state index contributed by atoms with van der Waals surface area (Å²) in [6.45, 7) is 5.65. The van der Waals surface area contributed by atoms with Crippen molar-refractivity contribution in [2.24, 2.45) is 28.8 Å². The van der Waals surface area contributed by atoms with Gasteiger partial charge in [-0.2, -0.15) is 0 Å². The number of rotatable bonds is 13. The fraction of sp³-hybridized carbons (Fsp3) is 0.630. The first-order valence-corrected chi connectivity index (χ1v) is 13.1. The van der Waals surface area contributed by atoms with Crippen LogP contribution < -0.4 is 0 Å². The van der Waals surface area contributed by atoms with Gasteiger partial charge in [-0.3, -0.25) is 19.2 Å². The van der Waals surface area contributed by atoms with Crippen LogP contribution in [0.3, 0.4) is 0 Å². The number of carboxylic acids is 1. The SMILES string of the molecule is CCC(C)C(=O)OC1CCC(=NOCc2cnoc2)C2=CC(=O)C(C)C(CCC(=O)CC(O)CC(=O)O)C21. The van der Waals surface area contributed by atoms with Crippen LogP contribution in [0.15, 0.2) is 33.8 Å². The molecule has 2 aliphatic carbocycles. The van der Waals surface area contributed by atoms with E-state index in [2.05, 4.69) is 10.3 Å². The molecule has 11 nitrogen and oxygen atoms in total. The summed E-state index contributed by atoms with van der Waals surface area (Å²) in [7, 11) is 0. The first-order valence-electron chi connectivity index (χ1n) is 13.1. The minimum atomic E-state index is -1.26. The van der Waals surface area contributed by atoms with Crippen molar-refractivity contribution < 1.29 is 43.5 Å². The Bertz CT molecular complexity index is 1060. The molecule has 0 amide bonds. The second-order valence-corrected chi connectivity index (χ2v) is 10.2. The summed E-state index contributed by atoms with van der Waals surface area (Å²) in [6.07, 6.45) is 3.91. The Labute approximate surface area is 221 Å². The van der Waals surface area contributed by atoms with Crippen molar-refractivity contribution in [3.05, 3.63) is 29.7 Å². The Morgan fingerprint density at radius 1 is 1.29 bits per heavy atom. The number of aliphatic hydroxyl groups excluding tert-OH is 1. The zero-order valence-corrected chi connectivity index (χ0v) is 22.0. The number of hydrogen-bond acceptors (Lipinski definition) is 10. The van der Waals surface area contributed by atoms with Crippen molar-refractivity contribution >= 4 is 29.2 Å². The second kappa shape index (κ2) is 13.5. The van der Waals surface area contributed by atoms with Crippen LogP contribution >= 0.6 is 0 Å². The summed E-state index contributed by atoms with van der Waals surface area (Å²) in [6, 6.07) is 0. The van der Waals surface area contributed by atoms with E-state index in [1.54, 1.807) is 19.9 Å². The van der Waals surface area contributed by atoms with Gasteiger partial charge in [0.05, 0.1) is 35.9 Å². The van der Waals surface area contributed by atoms with Gasteiger partial charge in [-0.1, -0.05) is 31.1 Å². The fourth-order valence-electron chi connectivity index (χ4n) is 5.03. The van der Waals surface area contributed by atoms with Gasteiger partial charge in [0.15, 0.2) is 5.78 Å². The average molecular weight is 533 g/mol. The molecule has 1 aromatic heterocycles. The maximum absolute atomic E-state index is 13.0. The molecule has 1 aromatic rings. The van der Waals surface area contributed by atoms with Crippen molar-refractivity contribution in [2.45, 2.75) is 84.5 Å². The third-order valence-electron chi connectivity index (χ3n) is 7.41. The molecular weight excluding hydrogens is 496 g/mol. The molecule has 1 heterocycles. The molecule has 0 saturated heterocycles. The quantitative estimate of drug-likeness (QED) is 0.284. The van der Waals surface area contributed by atoms with E-state index in [0.29, 0.717) is 42.5 Å².